The molecule has 2 heterocycles. The fourth-order valence-electron chi connectivity index (χ4n) is 1.95. The van der Waals surface area contributed by atoms with Gasteiger partial charge in [0.05, 0.1) is 18.1 Å². The predicted octanol–water partition coefficient (Wildman–Crippen LogP) is 2.25. The van der Waals surface area contributed by atoms with E-state index >= 15 is 0 Å². The number of ether oxygens (including phenoxy) is 1. The number of H-pyrrole nitrogens is 2. The molecule has 2 aromatic carbocycles. The normalized spacial score (nSPS) is 10.4. The van der Waals surface area contributed by atoms with Crippen LogP contribution in [0.1, 0.15) is 0 Å². The third-order valence-electron chi connectivity index (χ3n) is 2.95. The number of oxazole rings is 2. The standard InChI is InChI=1S/C8H7NO3.C7H5NO2/c1-11-5-2-3-6-7(4-5)12-8(10)9-6;9-7-8-5-3-1-2-4-6(5)10-7/h2-4H,1H3,(H,9,10);1-4H,(H,8,9). The summed E-state index contributed by atoms with van der Waals surface area (Å²) in [6.07, 6.45) is 0. The Morgan fingerprint density at radius 3 is 2.18 bits per heavy atom. The zero-order chi connectivity index (χ0) is 15.5. The maximum atomic E-state index is 10.7. The van der Waals surface area contributed by atoms with Crippen LogP contribution in [-0.4, -0.2) is 17.1 Å². The van der Waals surface area contributed by atoms with Crippen LogP contribution in [-0.2, 0) is 0 Å². The first-order valence-corrected chi connectivity index (χ1v) is 6.40. The van der Waals surface area contributed by atoms with E-state index in [1.54, 1.807) is 37.4 Å². The Bertz CT molecular complexity index is 985. The number of hydrogen-bond donors (Lipinski definition) is 2. The number of aromatic amines is 2. The number of para-hydroxylation sites is 2. The van der Waals surface area contributed by atoms with Crippen LogP contribution in [0.2, 0.25) is 0 Å². The zero-order valence-corrected chi connectivity index (χ0v) is 11.6. The van der Waals surface area contributed by atoms with Gasteiger partial charge in [-0.05, 0) is 24.3 Å². The van der Waals surface area contributed by atoms with E-state index in [-0.39, 0.29) is 0 Å². The first-order chi connectivity index (χ1) is 10.7. The van der Waals surface area contributed by atoms with E-state index in [9.17, 15) is 9.59 Å². The smallest absolute Gasteiger partial charge is 0.417 e. The van der Waals surface area contributed by atoms with E-state index in [0.717, 1.165) is 5.52 Å². The Kier molecular flexibility index (Phi) is 3.53. The fraction of sp³-hybridized carbons (Fsp3) is 0.0667. The van der Waals surface area contributed by atoms with E-state index in [1.807, 2.05) is 12.1 Å². The molecule has 7 nitrogen and oxygen atoms in total. The maximum Gasteiger partial charge on any atom is 0.417 e. The molecule has 0 spiro atoms. The van der Waals surface area contributed by atoms with Crippen molar-refractivity contribution in [3.63, 3.8) is 0 Å². The predicted molar refractivity (Wildman–Crippen MR) is 80.2 cm³/mol. The molecule has 0 radical (unpaired) electrons. The second kappa shape index (κ2) is 5.65. The summed E-state index contributed by atoms with van der Waals surface area (Å²) in [5.74, 6) is -0.176. The SMILES string of the molecule is COc1ccc2[nH]c(=O)oc2c1.O=c1[nH]c2ccccc2o1. The molecule has 0 aliphatic rings. The molecule has 2 aromatic heterocycles. The van der Waals surface area contributed by atoms with Gasteiger partial charge in [-0.25, -0.2) is 9.59 Å². The second-order valence-electron chi connectivity index (χ2n) is 4.39. The Labute approximate surface area is 123 Å². The van der Waals surface area contributed by atoms with Gasteiger partial charge in [0.25, 0.3) is 0 Å². The monoisotopic (exact) mass is 300 g/mol. The van der Waals surface area contributed by atoms with Crippen LogP contribution in [0.5, 0.6) is 5.75 Å². The van der Waals surface area contributed by atoms with E-state index in [0.29, 0.717) is 22.4 Å². The van der Waals surface area contributed by atoms with Crippen molar-refractivity contribution in [1.82, 2.24) is 9.97 Å². The van der Waals surface area contributed by atoms with Crippen LogP contribution in [0.25, 0.3) is 22.2 Å². The van der Waals surface area contributed by atoms with Gasteiger partial charge >= 0.3 is 11.5 Å². The van der Waals surface area contributed by atoms with Gasteiger partial charge in [-0.1, -0.05) is 12.1 Å². The summed E-state index contributed by atoms with van der Waals surface area (Å²) in [5.41, 5.74) is 2.54. The molecule has 0 aliphatic carbocycles. The summed E-state index contributed by atoms with van der Waals surface area (Å²) in [6.45, 7) is 0. The molecule has 0 amide bonds. The molecule has 112 valence electrons. The van der Waals surface area contributed by atoms with E-state index in [4.69, 9.17) is 13.6 Å². The number of nitrogens with one attached hydrogen (secondary N) is 2. The summed E-state index contributed by atoms with van der Waals surface area (Å²) in [7, 11) is 1.56. The molecule has 0 bridgehead atoms. The molecule has 0 saturated carbocycles. The van der Waals surface area contributed by atoms with E-state index in [2.05, 4.69) is 9.97 Å². The Balaban J connectivity index is 0.000000133. The minimum absolute atomic E-state index is 0.402. The third kappa shape index (κ3) is 2.78. The summed E-state index contributed by atoms with van der Waals surface area (Å²) in [6, 6.07) is 12.3. The van der Waals surface area contributed by atoms with Gasteiger partial charge < -0.3 is 13.6 Å². The van der Waals surface area contributed by atoms with Gasteiger partial charge in [0, 0.05) is 6.07 Å². The minimum atomic E-state index is -0.446. The van der Waals surface area contributed by atoms with Crippen LogP contribution >= 0.6 is 0 Å². The Hall–Kier alpha value is -3.22. The van der Waals surface area contributed by atoms with Crippen LogP contribution in [0.4, 0.5) is 0 Å². The highest BCUT2D eigenvalue weighted by Crippen LogP contribution is 2.17. The summed E-state index contributed by atoms with van der Waals surface area (Å²) >= 11 is 0. The van der Waals surface area contributed by atoms with Gasteiger partial charge in [0.2, 0.25) is 0 Å². The third-order valence-corrected chi connectivity index (χ3v) is 2.95. The molecule has 4 rings (SSSR count). The van der Waals surface area contributed by atoms with E-state index in [1.165, 1.54) is 0 Å². The number of benzene rings is 2. The molecule has 4 aromatic rings. The fourth-order valence-corrected chi connectivity index (χ4v) is 1.95. The highest BCUT2D eigenvalue weighted by molar-refractivity contribution is 5.73. The molecule has 2 N–H and O–H groups in total. The molecule has 7 heteroatoms. The van der Waals surface area contributed by atoms with Crippen molar-refractivity contribution in [2.24, 2.45) is 0 Å². The van der Waals surface area contributed by atoms with Crippen molar-refractivity contribution < 1.29 is 13.6 Å². The molecule has 0 unspecified atom stereocenters. The largest absolute Gasteiger partial charge is 0.497 e. The molecule has 0 aliphatic heterocycles. The lowest BCUT2D eigenvalue weighted by atomic mass is 10.3. The number of methoxy groups -OCH3 is 1. The van der Waals surface area contributed by atoms with Crippen molar-refractivity contribution in [2.45, 2.75) is 0 Å². The number of hydrogen-bond acceptors (Lipinski definition) is 5. The van der Waals surface area contributed by atoms with Crippen molar-refractivity contribution in [2.75, 3.05) is 7.11 Å². The minimum Gasteiger partial charge on any atom is -0.497 e. The highest BCUT2D eigenvalue weighted by atomic mass is 16.5. The first kappa shape index (κ1) is 13.7. The first-order valence-electron chi connectivity index (χ1n) is 6.40. The quantitative estimate of drug-likeness (QED) is 0.561. The van der Waals surface area contributed by atoms with Gasteiger partial charge in [0.15, 0.2) is 11.2 Å². The van der Waals surface area contributed by atoms with Crippen LogP contribution < -0.4 is 16.2 Å². The highest BCUT2D eigenvalue weighted by Gasteiger charge is 2.00. The van der Waals surface area contributed by atoms with Crippen molar-refractivity contribution in [1.29, 1.82) is 0 Å². The van der Waals surface area contributed by atoms with Crippen molar-refractivity contribution in [3.05, 3.63) is 63.6 Å². The lowest BCUT2D eigenvalue weighted by Gasteiger charge is -1.95. The van der Waals surface area contributed by atoms with Gasteiger partial charge in [-0.3, -0.25) is 9.97 Å². The molecule has 0 saturated heterocycles. The molecule has 0 atom stereocenters. The lowest BCUT2D eigenvalue weighted by molar-refractivity contribution is 0.414. The lowest BCUT2D eigenvalue weighted by Crippen LogP contribution is -1.92. The van der Waals surface area contributed by atoms with Gasteiger partial charge in [-0.15, -0.1) is 0 Å². The van der Waals surface area contributed by atoms with Crippen LogP contribution in [0.15, 0.2) is 60.9 Å². The number of rotatable bonds is 1. The van der Waals surface area contributed by atoms with Gasteiger partial charge in [-0.2, -0.15) is 0 Å². The van der Waals surface area contributed by atoms with Crippen LogP contribution in [0.3, 0.4) is 0 Å². The summed E-state index contributed by atoms with van der Waals surface area (Å²) < 4.78 is 14.5. The van der Waals surface area contributed by atoms with Crippen molar-refractivity contribution >= 4 is 22.2 Å². The molecular formula is C15H12N2O5. The second-order valence-corrected chi connectivity index (χ2v) is 4.39. The summed E-state index contributed by atoms with van der Waals surface area (Å²) in [4.78, 5) is 26.4. The topological polar surface area (TPSA) is 101 Å². The van der Waals surface area contributed by atoms with Gasteiger partial charge in [0.1, 0.15) is 5.75 Å². The number of fused-ring (bicyclic) bond motifs is 2. The van der Waals surface area contributed by atoms with Crippen molar-refractivity contribution in [3.8, 4) is 5.75 Å². The molecule has 0 fully saturated rings. The van der Waals surface area contributed by atoms with E-state index < -0.39 is 11.5 Å². The van der Waals surface area contributed by atoms with Crippen LogP contribution in [0, 0.1) is 0 Å². The average molecular weight is 300 g/mol. The average Bonchev–Trinajstić information content (AvgIpc) is 3.07. The molecular weight excluding hydrogens is 288 g/mol. The summed E-state index contributed by atoms with van der Waals surface area (Å²) in [5, 5.41) is 0. The molecule has 22 heavy (non-hydrogen) atoms. The number of aromatic nitrogens is 2. The maximum absolute atomic E-state index is 10.7. The Morgan fingerprint density at radius 1 is 0.864 bits per heavy atom. The Morgan fingerprint density at radius 2 is 1.50 bits per heavy atom. The zero-order valence-electron chi connectivity index (χ0n) is 11.6.